The van der Waals surface area contributed by atoms with E-state index < -0.39 is 0 Å². The predicted octanol–water partition coefficient (Wildman–Crippen LogP) is 2.52. The van der Waals surface area contributed by atoms with Gasteiger partial charge >= 0.3 is 0 Å². The van der Waals surface area contributed by atoms with E-state index >= 15 is 0 Å². The van der Waals surface area contributed by atoms with Gasteiger partial charge < -0.3 is 5.32 Å². The summed E-state index contributed by atoms with van der Waals surface area (Å²) in [5.74, 6) is 2.29. The van der Waals surface area contributed by atoms with Gasteiger partial charge in [0.15, 0.2) is 0 Å². The van der Waals surface area contributed by atoms with E-state index in [0.29, 0.717) is 0 Å². The van der Waals surface area contributed by atoms with Crippen LogP contribution in [0.1, 0.15) is 32.1 Å². The average Bonchev–Trinajstić information content (AvgIpc) is 2.15. The number of thioether (sulfide) groups is 1. The van der Waals surface area contributed by atoms with Gasteiger partial charge in [-0.1, -0.05) is 12.8 Å². The zero-order valence-corrected chi connectivity index (χ0v) is 9.12. The van der Waals surface area contributed by atoms with Crippen molar-refractivity contribution in [2.75, 3.05) is 19.1 Å². The standard InChI is InChI=1S/C10H21NS/c1-11-10-6-4-3-5-9(10)7-8-12-2/h9-11H,3-8H2,1-2H3. The Morgan fingerprint density at radius 3 is 2.75 bits per heavy atom. The molecule has 1 saturated carbocycles. The van der Waals surface area contributed by atoms with Crippen molar-refractivity contribution in [2.45, 2.75) is 38.1 Å². The Morgan fingerprint density at radius 1 is 1.33 bits per heavy atom. The molecule has 2 heteroatoms. The van der Waals surface area contributed by atoms with E-state index in [9.17, 15) is 0 Å². The van der Waals surface area contributed by atoms with Crippen LogP contribution in [-0.2, 0) is 0 Å². The van der Waals surface area contributed by atoms with Crippen molar-refractivity contribution >= 4 is 11.8 Å². The summed E-state index contributed by atoms with van der Waals surface area (Å²) < 4.78 is 0. The lowest BCUT2D eigenvalue weighted by atomic mass is 9.83. The monoisotopic (exact) mass is 187 g/mol. The first kappa shape index (κ1) is 10.4. The highest BCUT2D eigenvalue weighted by molar-refractivity contribution is 7.98. The lowest BCUT2D eigenvalue weighted by Gasteiger charge is -2.31. The Labute approximate surface area is 80.7 Å². The summed E-state index contributed by atoms with van der Waals surface area (Å²) in [4.78, 5) is 0. The van der Waals surface area contributed by atoms with Gasteiger partial charge in [0, 0.05) is 6.04 Å². The molecule has 0 aliphatic heterocycles. The highest BCUT2D eigenvalue weighted by atomic mass is 32.2. The van der Waals surface area contributed by atoms with E-state index in [-0.39, 0.29) is 0 Å². The fourth-order valence-electron chi connectivity index (χ4n) is 2.20. The second-order valence-electron chi connectivity index (χ2n) is 3.72. The van der Waals surface area contributed by atoms with Crippen molar-refractivity contribution in [2.24, 2.45) is 5.92 Å². The Kier molecular flexibility index (Phi) is 5.08. The molecule has 0 aromatic heterocycles. The van der Waals surface area contributed by atoms with Gasteiger partial charge in [-0.2, -0.15) is 11.8 Å². The highest BCUT2D eigenvalue weighted by Crippen LogP contribution is 2.27. The van der Waals surface area contributed by atoms with Crippen LogP contribution in [-0.4, -0.2) is 25.1 Å². The number of hydrogen-bond donors (Lipinski definition) is 1. The molecule has 1 aliphatic carbocycles. The van der Waals surface area contributed by atoms with E-state index in [4.69, 9.17) is 0 Å². The second kappa shape index (κ2) is 5.87. The maximum Gasteiger partial charge on any atom is 0.00926 e. The molecule has 1 fully saturated rings. The van der Waals surface area contributed by atoms with Crippen LogP contribution >= 0.6 is 11.8 Å². The van der Waals surface area contributed by atoms with Gasteiger partial charge in [0.2, 0.25) is 0 Å². The van der Waals surface area contributed by atoms with Crippen LogP contribution in [0.15, 0.2) is 0 Å². The van der Waals surface area contributed by atoms with E-state index in [1.807, 2.05) is 11.8 Å². The van der Waals surface area contributed by atoms with Gasteiger partial charge in [-0.15, -0.1) is 0 Å². The molecule has 2 atom stereocenters. The van der Waals surface area contributed by atoms with Crippen LogP contribution in [0.2, 0.25) is 0 Å². The lowest BCUT2D eigenvalue weighted by Crippen LogP contribution is -2.36. The summed E-state index contributed by atoms with van der Waals surface area (Å²) in [6, 6.07) is 0.811. The number of nitrogens with one attached hydrogen (secondary N) is 1. The summed E-state index contributed by atoms with van der Waals surface area (Å²) >= 11 is 1.98. The molecule has 0 saturated heterocycles. The van der Waals surface area contributed by atoms with Crippen molar-refractivity contribution in [1.82, 2.24) is 5.32 Å². The molecular formula is C10H21NS. The normalized spacial score (nSPS) is 30.5. The molecule has 2 unspecified atom stereocenters. The third kappa shape index (κ3) is 2.98. The second-order valence-corrected chi connectivity index (χ2v) is 4.71. The van der Waals surface area contributed by atoms with Crippen molar-refractivity contribution in [3.63, 3.8) is 0 Å². The van der Waals surface area contributed by atoms with Gasteiger partial charge in [-0.3, -0.25) is 0 Å². The maximum absolute atomic E-state index is 3.45. The van der Waals surface area contributed by atoms with Crippen molar-refractivity contribution in [1.29, 1.82) is 0 Å². The van der Waals surface area contributed by atoms with Crippen LogP contribution in [0.5, 0.6) is 0 Å². The van der Waals surface area contributed by atoms with Crippen LogP contribution in [0.4, 0.5) is 0 Å². The molecule has 0 heterocycles. The molecule has 0 bridgehead atoms. The Morgan fingerprint density at radius 2 is 2.08 bits per heavy atom. The fraction of sp³-hybridized carbons (Fsp3) is 1.00. The third-order valence-corrected chi connectivity index (χ3v) is 3.62. The SMILES string of the molecule is CNC1CCCCC1CCSC. The number of rotatable bonds is 4. The summed E-state index contributed by atoms with van der Waals surface area (Å²) in [6.45, 7) is 0. The van der Waals surface area contributed by atoms with Crippen molar-refractivity contribution < 1.29 is 0 Å². The smallest absolute Gasteiger partial charge is 0.00926 e. The molecular weight excluding hydrogens is 166 g/mol. The van der Waals surface area contributed by atoms with Crippen LogP contribution in [0, 0.1) is 5.92 Å². The largest absolute Gasteiger partial charge is 0.317 e. The molecule has 12 heavy (non-hydrogen) atoms. The topological polar surface area (TPSA) is 12.0 Å². The van der Waals surface area contributed by atoms with E-state index in [0.717, 1.165) is 12.0 Å². The molecule has 1 N–H and O–H groups in total. The molecule has 72 valence electrons. The lowest BCUT2D eigenvalue weighted by molar-refractivity contribution is 0.269. The molecule has 0 spiro atoms. The Balaban J connectivity index is 2.26. The first-order chi connectivity index (χ1) is 5.88. The van der Waals surface area contributed by atoms with Gasteiger partial charge in [-0.05, 0) is 44.2 Å². The molecule has 1 aliphatic rings. The van der Waals surface area contributed by atoms with Gasteiger partial charge in [-0.25, -0.2) is 0 Å². The molecule has 0 aromatic rings. The molecule has 1 rings (SSSR count). The maximum atomic E-state index is 3.45. The quantitative estimate of drug-likeness (QED) is 0.726. The Hall–Kier alpha value is 0.310. The van der Waals surface area contributed by atoms with Crippen molar-refractivity contribution in [3.8, 4) is 0 Å². The summed E-state index contributed by atoms with van der Waals surface area (Å²) in [6.07, 6.45) is 9.35. The molecule has 1 nitrogen and oxygen atoms in total. The van der Waals surface area contributed by atoms with E-state index in [2.05, 4.69) is 18.6 Å². The molecule has 0 amide bonds. The highest BCUT2D eigenvalue weighted by Gasteiger charge is 2.22. The molecule has 0 radical (unpaired) electrons. The fourth-order valence-corrected chi connectivity index (χ4v) is 2.74. The van der Waals surface area contributed by atoms with Gasteiger partial charge in [0.25, 0.3) is 0 Å². The number of hydrogen-bond acceptors (Lipinski definition) is 2. The van der Waals surface area contributed by atoms with E-state index in [1.165, 1.54) is 37.9 Å². The minimum Gasteiger partial charge on any atom is -0.317 e. The molecule has 0 aromatic carbocycles. The minimum atomic E-state index is 0.811. The Bertz CT molecular complexity index is 116. The zero-order valence-electron chi connectivity index (χ0n) is 8.31. The minimum absolute atomic E-state index is 0.811. The summed E-state index contributed by atoms with van der Waals surface area (Å²) in [5, 5.41) is 3.45. The van der Waals surface area contributed by atoms with Crippen LogP contribution < -0.4 is 5.32 Å². The summed E-state index contributed by atoms with van der Waals surface area (Å²) in [5.41, 5.74) is 0. The third-order valence-electron chi connectivity index (χ3n) is 2.97. The van der Waals surface area contributed by atoms with Gasteiger partial charge in [0.1, 0.15) is 0 Å². The van der Waals surface area contributed by atoms with E-state index in [1.54, 1.807) is 0 Å². The van der Waals surface area contributed by atoms with Crippen molar-refractivity contribution in [3.05, 3.63) is 0 Å². The first-order valence-corrected chi connectivity index (χ1v) is 6.44. The zero-order chi connectivity index (χ0) is 8.81. The van der Waals surface area contributed by atoms with Crippen LogP contribution in [0.25, 0.3) is 0 Å². The average molecular weight is 187 g/mol. The predicted molar refractivity (Wildman–Crippen MR) is 57.8 cm³/mol. The van der Waals surface area contributed by atoms with Crippen LogP contribution in [0.3, 0.4) is 0 Å². The van der Waals surface area contributed by atoms with Gasteiger partial charge in [0.05, 0.1) is 0 Å². The summed E-state index contributed by atoms with van der Waals surface area (Å²) in [7, 11) is 2.11. The first-order valence-electron chi connectivity index (χ1n) is 5.04.